The second-order valence-corrected chi connectivity index (χ2v) is 4.82. The molecular weight excluding hydrogens is 242 g/mol. The van der Waals surface area contributed by atoms with Crippen LogP contribution in [0.4, 0.5) is 0 Å². The van der Waals surface area contributed by atoms with Crippen LogP contribution >= 0.6 is 0 Å². The molecule has 0 saturated heterocycles. The van der Waals surface area contributed by atoms with Crippen molar-refractivity contribution in [2.75, 3.05) is 0 Å². The molecule has 2 heterocycles. The van der Waals surface area contributed by atoms with Crippen molar-refractivity contribution in [1.82, 2.24) is 15.5 Å². The van der Waals surface area contributed by atoms with Gasteiger partial charge in [-0.1, -0.05) is 23.4 Å². The molecule has 0 aliphatic heterocycles. The molecule has 0 unspecified atom stereocenters. The summed E-state index contributed by atoms with van der Waals surface area (Å²) in [5, 5.41) is 8.34. The fourth-order valence-corrected chi connectivity index (χ4v) is 2.04. The van der Waals surface area contributed by atoms with E-state index < -0.39 is 0 Å². The third-order valence-electron chi connectivity index (χ3n) is 3.23. The Kier molecular flexibility index (Phi) is 2.38. The normalized spacial score (nSPS) is 15.2. The van der Waals surface area contributed by atoms with Gasteiger partial charge in [-0.3, -0.25) is 0 Å². The molecule has 3 aromatic rings. The molecule has 1 N–H and O–H groups in total. The summed E-state index contributed by atoms with van der Waals surface area (Å²) in [6.45, 7) is 0.647. The Morgan fingerprint density at radius 3 is 3.00 bits per heavy atom. The van der Waals surface area contributed by atoms with Gasteiger partial charge < -0.3 is 14.3 Å². The first-order chi connectivity index (χ1) is 9.38. The van der Waals surface area contributed by atoms with Crippen LogP contribution in [0.3, 0.4) is 0 Å². The molecule has 19 heavy (non-hydrogen) atoms. The van der Waals surface area contributed by atoms with Gasteiger partial charge in [0.25, 0.3) is 5.89 Å². The molecule has 5 heteroatoms. The molecule has 1 saturated carbocycles. The molecule has 96 valence electrons. The van der Waals surface area contributed by atoms with Crippen LogP contribution in [0.2, 0.25) is 0 Å². The van der Waals surface area contributed by atoms with Crippen molar-refractivity contribution in [3.8, 4) is 11.7 Å². The lowest BCUT2D eigenvalue weighted by Gasteiger charge is -1.94. The molecule has 1 aliphatic rings. The standard InChI is InChI=1S/C14H13N3O2/c1-2-4-11-9(3-1)7-12(18-11)14-16-13(17-19-14)8-15-10-5-6-10/h1-4,7,10,15H,5-6,8H2. The summed E-state index contributed by atoms with van der Waals surface area (Å²) >= 11 is 0. The molecule has 1 fully saturated rings. The highest BCUT2D eigenvalue weighted by atomic mass is 16.5. The first-order valence-corrected chi connectivity index (χ1v) is 6.43. The Bertz CT molecular complexity index is 679. The number of fused-ring (bicyclic) bond motifs is 1. The zero-order chi connectivity index (χ0) is 12.7. The van der Waals surface area contributed by atoms with Crippen LogP contribution in [0.15, 0.2) is 39.3 Å². The quantitative estimate of drug-likeness (QED) is 0.776. The van der Waals surface area contributed by atoms with Gasteiger partial charge in [-0.15, -0.1) is 0 Å². The van der Waals surface area contributed by atoms with Crippen molar-refractivity contribution in [3.05, 3.63) is 36.2 Å². The predicted octanol–water partition coefficient (Wildman–Crippen LogP) is 2.73. The SMILES string of the molecule is c1ccc2oc(-c3nc(CNC4CC4)no3)cc2c1. The Hall–Kier alpha value is -2.14. The van der Waals surface area contributed by atoms with Crippen LogP contribution in [0.25, 0.3) is 22.6 Å². The van der Waals surface area contributed by atoms with Crippen molar-refractivity contribution in [2.45, 2.75) is 25.4 Å². The van der Waals surface area contributed by atoms with Gasteiger partial charge in [0, 0.05) is 11.4 Å². The lowest BCUT2D eigenvalue weighted by Crippen LogP contribution is -2.16. The van der Waals surface area contributed by atoms with Crippen LogP contribution in [0.5, 0.6) is 0 Å². The second kappa shape index (κ2) is 4.20. The first-order valence-electron chi connectivity index (χ1n) is 6.43. The number of furan rings is 1. The van der Waals surface area contributed by atoms with Gasteiger partial charge in [-0.25, -0.2) is 0 Å². The molecule has 1 aromatic carbocycles. The largest absolute Gasteiger partial charge is 0.451 e. The summed E-state index contributed by atoms with van der Waals surface area (Å²) in [4.78, 5) is 4.34. The van der Waals surface area contributed by atoms with Crippen LogP contribution in [-0.4, -0.2) is 16.2 Å². The minimum absolute atomic E-state index is 0.434. The summed E-state index contributed by atoms with van der Waals surface area (Å²) < 4.78 is 10.9. The molecule has 0 bridgehead atoms. The third-order valence-corrected chi connectivity index (χ3v) is 3.23. The Labute approximate surface area is 109 Å². The van der Waals surface area contributed by atoms with E-state index in [0.717, 1.165) is 11.0 Å². The van der Waals surface area contributed by atoms with Crippen molar-refractivity contribution < 1.29 is 8.94 Å². The summed E-state index contributed by atoms with van der Waals surface area (Å²) in [5.74, 6) is 1.72. The van der Waals surface area contributed by atoms with Crippen molar-refractivity contribution in [3.63, 3.8) is 0 Å². The Morgan fingerprint density at radius 1 is 1.26 bits per heavy atom. The number of aromatic nitrogens is 2. The van der Waals surface area contributed by atoms with Crippen LogP contribution < -0.4 is 5.32 Å². The van der Waals surface area contributed by atoms with Crippen LogP contribution in [0.1, 0.15) is 18.7 Å². The number of para-hydroxylation sites is 1. The van der Waals surface area contributed by atoms with Gasteiger partial charge in [0.15, 0.2) is 11.6 Å². The topological polar surface area (TPSA) is 64.1 Å². The predicted molar refractivity (Wildman–Crippen MR) is 69.4 cm³/mol. The molecule has 4 rings (SSSR count). The Balaban J connectivity index is 1.60. The molecule has 0 amide bonds. The smallest absolute Gasteiger partial charge is 0.293 e. The van der Waals surface area contributed by atoms with Crippen LogP contribution in [0, 0.1) is 0 Å². The zero-order valence-corrected chi connectivity index (χ0v) is 10.3. The summed E-state index contributed by atoms with van der Waals surface area (Å²) in [6, 6.07) is 10.4. The summed E-state index contributed by atoms with van der Waals surface area (Å²) in [7, 11) is 0. The first kappa shape index (κ1) is 10.8. The van der Waals surface area contributed by atoms with E-state index in [9.17, 15) is 0 Å². The number of nitrogens with zero attached hydrogens (tertiary/aromatic N) is 2. The number of nitrogens with one attached hydrogen (secondary N) is 1. The molecule has 1 aliphatic carbocycles. The van der Waals surface area contributed by atoms with Crippen molar-refractivity contribution >= 4 is 11.0 Å². The minimum Gasteiger partial charge on any atom is -0.451 e. The molecule has 0 spiro atoms. The van der Waals surface area contributed by atoms with Gasteiger partial charge in [0.1, 0.15) is 5.58 Å². The van der Waals surface area contributed by atoms with E-state index in [-0.39, 0.29) is 0 Å². The molecule has 0 atom stereocenters. The average Bonchev–Trinajstić information content (AvgIpc) is 2.99. The fraction of sp³-hybridized carbons (Fsp3) is 0.286. The van der Waals surface area contributed by atoms with E-state index in [2.05, 4.69) is 15.5 Å². The van der Waals surface area contributed by atoms with E-state index in [0.29, 0.717) is 30.1 Å². The van der Waals surface area contributed by atoms with Gasteiger partial charge in [0.05, 0.1) is 6.54 Å². The Morgan fingerprint density at radius 2 is 2.16 bits per heavy atom. The second-order valence-electron chi connectivity index (χ2n) is 4.82. The van der Waals surface area contributed by atoms with E-state index in [1.165, 1.54) is 12.8 Å². The molecule has 2 aromatic heterocycles. The van der Waals surface area contributed by atoms with Gasteiger partial charge >= 0.3 is 0 Å². The van der Waals surface area contributed by atoms with Gasteiger partial charge in [0.2, 0.25) is 0 Å². The molecule has 0 radical (unpaired) electrons. The highest BCUT2D eigenvalue weighted by Crippen LogP contribution is 2.26. The van der Waals surface area contributed by atoms with Crippen molar-refractivity contribution in [2.24, 2.45) is 0 Å². The van der Waals surface area contributed by atoms with Gasteiger partial charge in [-0.05, 0) is 25.0 Å². The van der Waals surface area contributed by atoms with E-state index in [4.69, 9.17) is 8.94 Å². The number of rotatable bonds is 4. The van der Waals surface area contributed by atoms with E-state index >= 15 is 0 Å². The van der Waals surface area contributed by atoms with E-state index in [1.54, 1.807) is 0 Å². The maximum atomic E-state index is 5.69. The average molecular weight is 255 g/mol. The minimum atomic E-state index is 0.434. The maximum absolute atomic E-state index is 5.69. The van der Waals surface area contributed by atoms with Gasteiger partial charge in [-0.2, -0.15) is 4.98 Å². The third kappa shape index (κ3) is 2.13. The number of hydrogen-bond donors (Lipinski definition) is 1. The van der Waals surface area contributed by atoms with Crippen molar-refractivity contribution in [1.29, 1.82) is 0 Å². The van der Waals surface area contributed by atoms with E-state index in [1.807, 2.05) is 30.3 Å². The zero-order valence-electron chi connectivity index (χ0n) is 10.3. The number of benzene rings is 1. The lowest BCUT2D eigenvalue weighted by molar-refractivity contribution is 0.409. The highest BCUT2D eigenvalue weighted by molar-refractivity contribution is 5.81. The monoisotopic (exact) mass is 255 g/mol. The lowest BCUT2D eigenvalue weighted by atomic mass is 10.2. The summed E-state index contributed by atoms with van der Waals surface area (Å²) in [6.07, 6.45) is 2.49. The maximum Gasteiger partial charge on any atom is 0.293 e. The molecular formula is C14H13N3O2. The summed E-state index contributed by atoms with van der Waals surface area (Å²) in [5.41, 5.74) is 0.827. The molecule has 5 nitrogen and oxygen atoms in total. The highest BCUT2D eigenvalue weighted by Gasteiger charge is 2.21. The fourth-order valence-electron chi connectivity index (χ4n) is 2.04. The number of hydrogen-bond acceptors (Lipinski definition) is 5. The van der Waals surface area contributed by atoms with Crippen LogP contribution in [-0.2, 0) is 6.54 Å².